The number of nitrogens with two attached hydrogens (primary N) is 1. The molecule has 0 aliphatic heterocycles. The normalized spacial score (nSPS) is 13.8. The van der Waals surface area contributed by atoms with Crippen molar-refractivity contribution in [1.29, 1.82) is 0 Å². The predicted octanol–water partition coefficient (Wildman–Crippen LogP) is 2.12. The summed E-state index contributed by atoms with van der Waals surface area (Å²) in [6, 6.07) is 0. The lowest BCUT2D eigenvalue weighted by Crippen LogP contribution is -2.33. The number of pyridine rings is 1. The highest BCUT2D eigenvalue weighted by atomic mass is 15.1. The number of anilines is 1. The van der Waals surface area contributed by atoms with Crippen molar-refractivity contribution in [2.75, 3.05) is 5.73 Å². The van der Waals surface area contributed by atoms with E-state index in [0.717, 1.165) is 42.5 Å². The molecule has 0 spiro atoms. The zero-order chi connectivity index (χ0) is 14.8. The van der Waals surface area contributed by atoms with Gasteiger partial charge >= 0.3 is 0 Å². The van der Waals surface area contributed by atoms with Gasteiger partial charge in [0.05, 0.1) is 10.9 Å². The quantitative estimate of drug-likeness (QED) is 0.856. The summed E-state index contributed by atoms with van der Waals surface area (Å²) in [7, 11) is 0. The molecule has 1 aliphatic rings. The fourth-order valence-corrected chi connectivity index (χ4v) is 3.15. The largest absolute Gasteiger partial charge is 0.382 e. The Hall–Kier alpha value is -1.84. The van der Waals surface area contributed by atoms with Crippen LogP contribution < -0.4 is 16.3 Å². The Morgan fingerprint density at radius 3 is 2.71 bits per heavy atom. The van der Waals surface area contributed by atoms with Crippen molar-refractivity contribution >= 4 is 29.0 Å². The molecule has 2 N–H and O–H groups in total. The van der Waals surface area contributed by atoms with Crippen molar-refractivity contribution in [1.82, 2.24) is 14.5 Å². The van der Waals surface area contributed by atoms with Gasteiger partial charge in [0.25, 0.3) is 0 Å². The van der Waals surface area contributed by atoms with E-state index in [0.29, 0.717) is 5.82 Å². The van der Waals surface area contributed by atoms with E-state index in [1.54, 1.807) is 0 Å². The van der Waals surface area contributed by atoms with E-state index in [4.69, 9.17) is 10.7 Å². The van der Waals surface area contributed by atoms with Gasteiger partial charge in [0.1, 0.15) is 11.3 Å². The third kappa shape index (κ3) is 2.43. The van der Waals surface area contributed by atoms with Crippen LogP contribution in [0.2, 0.25) is 0 Å². The first-order valence-corrected chi connectivity index (χ1v) is 8.11. The number of nitrogen functional groups attached to an aromatic ring is 1. The summed E-state index contributed by atoms with van der Waals surface area (Å²) in [4.78, 5) is 9.30. The molecule has 0 atom stereocenters. The highest BCUT2D eigenvalue weighted by molar-refractivity contribution is 5.86. The molecule has 2 aromatic rings. The van der Waals surface area contributed by atoms with Crippen LogP contribution in [0.1, 0.15) is 51.8 Å². The van der Waals surface area contributed by atoms with Crippen LogP contribution in [-0.4, -0.2) is 14.5 Å². The monoisotopic (exact) mass is 284 g/mol. The molecule has 21 heavy (non-hydrogen) atoms. The fraction of sp³-hybridized carbons (Fsp3) is 0.529. The highest BCUT2D eigenvalue weighted by Gasteiger charge is 2.15. The number of imidazole rings is 1. The van der Waals surface area contributed by atoms with Gasteiger partial charge in [0.2, 0.25) is 0 Å². The van der Waals surface area contributed by atoms with Gasteiger partial charge in [-0.2, -0.15) is 0 Å². The lowest BCUT2D eigenvalue weighted by atomic mass is 10.1. The molecule has 0 unspecified atom stereocenters. The molecule has 0 aromatic carbocycles. The van der Waals surface area contributed by atoms with Gasteiger partial charge < -0.3 is 10.3 Å². The molecule has 0 saturated carbocycles. The van der Waals surface area contributed by atoms with E-state index in [1.165, 1.54) is 30.0 Å². The van der Waals surface area contributed by atoms with E-state index in [2.05, 4.69) is 35.6 Å². The minimum absolute atomic E-state index is 0.569. The summed E-state index contributed by atoms with van der Waals surface area (Å²) in [5.41, 5.74) is 8.23. The Labute approximate surface area is 125 Å². The number of aromatic nitrogens is 3. The van der Waals surface area contributed by atoms with Crippen LogP contribution in [0.3, 0.4) is 0 Å². The summed E-state index contributed by atoms with van der Waals surface area (Å²) in [5.74, 6) is 1.70. The van der Waals surface area contributed by atoms with Crippen molar-refractivity contribution in [3.8, 4) is 0 Å². The molecule has 3 rings (SSSR count). The van der Waals surface area contributed by atoms with Crippen LogP contribution in [0.4, 0.5) is 5.82 Å². The van der Waals surface area contributed by atoms with Crippen LogP contribution in [0, 0.1) is 0 Å². The molecular weight excluding hydrogens is 260 g/mol. The number of unbranched alkanes of at least 4 members (excludes halogenated alkanes) is 2. The van der Waals surface area contributed by atoms with Gasteiger partial charge in [-0.25, -0.2) is 9.97 Å². The SMILES string of the molecule is CCCCCn1c(CC)nc2c(N)nc3c(c21)=CCCC=3. The van der Waals surface area contributed by atoms with E-state index in [1.807, 2.05) is 0 Å². The zero-order valence-corrected chi connectivity index (χ0v) is 13.0. The smallest absolute Gasteiger partial charge is 0.152 e. The Balaban J connectivity index is 2.26. The zero-order valence-electron chi connectivity index (χ0n) is 13.0. The fourth-order valence-electron chi connectivity index (χ4n) is 3.15. The molecule has 4 heteroatoms. The minimum atomic E-state index is 0.569. The first-order valence-electron chi connectivity index (χ1n) is 8.11. The summed E-state index contributed by atoms with van der Waals surface area (Å²) in [6.45, 7) is 5.42. The Kier molecular flexibility index (Phi) is 3.95. The summed E-state index contributed by atoms with van der Waals surface area (Å²) >= 11 is 0. The van der Waals surface area contributed by atoms with Crippen LogP contribution in [-0.2, 0) is 13.0 Å². The maximum atomic E-state index is 6.15. The number of hydrogen-bond donors (Lipinski definition) is 1. The third-order valence-electron chi connectivity index (χ3n) is 4.22. The van der Waals surface area contributed by atoms with Gasteiger partial charge in [-0.1, -0.05) is 38.8 Å². The van der Waals surface area contributed by atoms with Crippen molar-refractivity contribution in [2.24, 2.45) is 0 Å². The van der Waals surface area contributed by atoms with Crippen molar-refractivity contribution in [3.63, 3.8) is 0 Å². The Bertz CT molecular complexity index is 770. The van der Waals surface area contributed by atoms with Gasteiger partial charge in [-0.15, -0.1) is 0 Å². The molecule has 0 bridgehead atoms. The predicted molar refractivity (Wildman–Crippen MR) is 88.3 cm³/mol. The lowest BCUT2D eigenvalue weighted by molar-refractivity contribution is 0.593. The van der Waals surface area contributed by atoms with Crippen molar-refractivity contribution in [2.45, 2.75) is 58.9 Å². The van der Waals surface area contributed by atoms with Gasteiger partial charge in [-0.3, -0.25) is 0 Å². The van der Waals surface area contributed by atoms with Crippen molar-refractivity contribution < 1.29 is 0 Å². The average molecular weight is 284 g/mol. The molecular formula is C17H24N4. The topological polar surface area (TPSA) is 56.7 Å². The summed E-state index contributed by atoms with van der Waals surface area (Å²) < 4.78 is 2.37. The van der Waals surface area contributed by atoms with E-state index in [-0.39, 0.29) is 0 Å². The average Bonchev–Trinajstić information content (AvgIpc) is 2.87. The second-order valence-corrected chi connectivity index (χ2v) is 5.72. The minimum Gasteiger partial charge on any atom is -0.382 e. The standard InChI is InChI=1S/C17H24N4/c1-3-5-8-11-21-14(4-2)20-15-16(21)12-9-6-7-10-13(12)19-17(15)18/h9-10H,3-8,11H2,1-2H3,(H2,18,19). The molecule has 2 heterocycles. The molecule has 112 valence electrons. The molecule has 1 aliphatic carbocycles. The number of nitrogens with zero attached hydrogens (tertiary/aromatic N) is 3. The number of hydrogen-bond acceptors (Lipinski definition) is 3. The first-order chi connectivity index (χ1) is 10.3. The molecule has 0 radical (unpaired) electrons. The first kappa shape index (κ1) is 14.1. The second-order valence-electron chi connectivity index (χ2n) is 5.72. The third-order valence-corrected chi connectivity index (χ3v) is 4.22. The van der Waals surface area contributed by atoms with Crippen LogP contribution in [0.15, 0.2) is 0 Å². The maximum absolute atomic E-state index is 6.15. The maximum Gasteiger partial charge on any atom is 0.152 e. The van der Waals surface area contributed by atoms with Crippen LogP contribution >= 0.6 is 0 Å². The van der Waals surface area contributed by atoms with E-state index >= 15 is 0 Å². The number of aryl methyl sites for hydroxylation is 2. The molecule has 4 nitrogen and oxygen atoms in total. The Morgan fingerprint density at radius 1 is 1.14 bits per heavy atom. The lowest BCUT2D eigenvalue weighted by Gasteiger charge is -2.10. The van der Waals surface area contributed by atoms with Crippen molar-refractivity contribution in [3.05, 3.63) is 16.4 Å². The van der Waals surface area contributed by atoms with E-state index < -0.39 is 0 Å². The molecule has 0 saturated heterocycles. The van der Waals surface area contributed by atoms with Crippen LogP contribution in [0.25, 0.3) is 23.2 Å². The van der Waals surface area contributed by atoms with Gasteiger partial charge in [-0.05, 0) is 19.3 Å². The molecule has 0 amide bonds. The number of fused-ring (bicyclic) bond motifs is 3. The summed E-state index contributed by atoms with van der Waals surface area (Å²) in [5, 5.41) is 2.26. The van der Waals surface area contributed by atoms with Crippen LogP contribution in [0.5, 0.6) is 0 Å². The Morgan fingerprint density at radius 2 is 1.95 bits per heavy atom. The highest BCUT2D eigenvalue weighted by Crippen LogP contribution is 2.18. The number of rotatable bonds is 5. The molecule has 0 fully saturated rings. The molecule has 2 aromatic heterocycles. The second kappa shape index (κ2) is 5.88. The summed E-state index contributed by atoms with van der Waals surface area (Å²) in [6.07, 6.45) is 11.2. The van der Waals surface area contributed by atoms with E-state index in [9.17, 15) is 0 Å². The van der Waals surface area contributed by atoms with Gasteiger partial charge in [0.15, 0.2) is 5.82 Å². The van der Waals surface area contributed by atoms with Gasteiger partial charge in [0, 0.05) is 18.2 Å².